The van der Waals surface area contributed by atoms with Crippen molar-refractivity contribution in [2.45, 2.75) is 6.92 Å². The third-order valence-electron chi connectivity index (χ3n) is 2.87. The second-order valence-corrected chi connectivity index (χ2v) is 4.39. The van der Waals surface area contributed by atoms with Crippen LogP contribution in [-0.4, -0.2) is 13.0 Å². The number of benzene rings is 2. The molecule has 3 N–H and O–H groups in total. The Morgan fingerprint density at radius 3 is 2.70 bits per heavy atom. The topological polar surface area (TPSA) is 64.3 Å². The molecule has 0 saturated heterocycles. The number of nitrogen functional groups attached to an aromatic ring is 1. The zero-order chi connectivity index (χ0) is 14.7. The van der Waals surface area contributed by atoms with Gasteiger partial charge in [-0.2, -0.15) is 0 Å². The summed E-state index contributed by atoms with van der Waals surface area (Å²) in [4.78, 5) is 12.1. The maximum absolute atomic E-state index is 13.2. The Kier molecular flexibility index (Phi) is 3.89. The largest absolute Gasteiger partial charge is 0.495 e. The van der Waals surface area contributed by atoms with Crippen LogP contribution in [0, 0.1) is 12.7 Å². The lowest BCUT2D eigenvalue weighted by atomic mass is 10.1. The summed E-state index contributed by atoms with van der Waals surface area (Å²) in [5.74, 6) is -0.460. The minimum atomic E-state index is -0.514. The van der Waals surface area contributed by atoms with Crippen LogP contribution in [-0.2, 0) is 0 Å². The van der Waals surface area contributed by atoms with E-state index in [-0.39, 0.29) is 11.3 Å². The molecule has 0 heterocycles. The molecule has 4 nitrogen and oxygen atoms in total. The lowest BCUT2D eigenvalue weighted by Crippen LogP contribution is -2.15. The van der Waals surface area contributed by atoms with Crippen molar-refractivity contribution in [3.8, 4) is 5.75 Å². The fourth-order valence-corrected chi connectivity index (χ4v) is 1.82. The van der Waals surface area contributed by atoms with Gasteiger partial charge in [-0.3, -0.25) is 4.79 Å². The lowest BCUT2D eigenvalue weighted by molar-refractivity contribution is 0.102. The SMILES string of the molecule is COc1cc(C)ccc1NC(=O)c1cc(F)ccc1N. The number of rotatable bonds is 3. The van der Waals surface area contributed by atoms with Gasteiger partial charge in [0, 0.05) is 5.69 Å². The van der Waals surface area contributed by atoms with Crippen LogP contribution in [0.5, 0.6) is 5.75 Å². The average Bonchev–Trinajstić information content (AvgIpc) is 2.43. The van der Waals surface area contributed by atoms with Gasteiger partial charge >= 0.3 is 0 Å². The van der Waals surface area contributed by atoms with Crippen LogP contribution < -0.4 is 15.8 Å². The maximum Gasteiger partial charge on any atom is 0.257 e. The minimum Gasteiger partial charge on any atom is -0.495 e. The Labute approximate surface area is 116 Å². The van der Waals surface area contributed by atoms with Crippen LogP contribution in [0.3, 0.4) is 0 Å². The number of nitrogens with two attached hydrogens (primary N) is 1. The molecular weight excluding hydrogens is 259 g/mol. The lowest BCUT2D eigenvalue weighted by Gasteiger charge is -2.12. The zero-order valence-corrected chi connectivity index (χ0v) is 11.2. The first-order valence-corrected chi connectivity index (χ1v) is 6.02. The summed E-state index contributed by atoms with van der Waals surface area (Å²) in [6.45, 7) is 1.92. The van der Waals surface area contributed by atoms with E-state index in [1.165, 1.54) is 19.2 Å². The maximum atomic E-state index is 13.2. The Hall–Kier alpha value is -2.56. The molecule has 0 fully saturated rings. The number of nitrogens with one attached hydrogen (secondary N) is 1. The van der Waals surface area contributed by atoms with Crippen LogP contribution in [0.1, 0.15) is 15.9 Å². The van der Waals surface area contributed by atoms with Gasteiger partial charge in [0.1, 0.15) is 11.6 Å². The first-order valence-electron chi connectivity index (χ1n) is 6.02. The van der Waals surface area contributed by atoms with Gasteiger partial charge in [0.25, 0.3) is 5.91 Å². The van der Waals surface area contributed by atoms with Gasteiger partial charge < -0.3 is 15.8 Å². The third kappa shape index (κ3) is 2.88. The molecule has 0 radical (unpaired) electrons. The number of halogens is 1. The molecule has 0 aliphatic rings. The van der Waals surface area contributed by atoms with E-state index in [0.29, 0.717) is 11.4 Å². The van der Waals surface area contributed by atoms with E-state index in [1.807, 2.05) is 13.0 Å². The number of amides is 1. The summed E-state index contributed by atoms with van der Waals surface area (Å²) in [6.07, 6.45) is 0. The molecule has 5 heteroatoms. The molecule has 2 aromatic carbocycles. The van der Waals surface area contributed by atoms with Crippen molar-refractivity contribution in [2.24, 2.45) is 0 Å². The van der Waals surface area contributed by atoms with E-state index in [2.05, 4.69) is 5.32 Å². The number of carbonyl (C=O) groups is 1. The molecule has 0 aliphatic heterocycles. The summed E-state index contributed by atoms with van der Waals surface area (Å²) >= 11 is 0. The van der Waals surface area contributed by atoms with E-state index in [0.717, 1.165) is 11.6 Å². The fraction of sp³-hybridized carbons (Fsp3) is 0.133. The van der Waals surface area contributed by atoms with E-state index in [9.17, 15) is 9.18 Å². The smallest absolute Gasteiger partial charge is 0.257 e. The molecule has 0 spiro atoms. The predicted octanol–water partition coefficient (Wildman–Crippen LogP) is 2.98. The van der Waals surface area contributed by atoms with Crippen molar-refractivity contribution in [1.82, 2.24) is 0 Å². The molecule has 20 heavy (non-hydrogen) atoms. The van der Waals surface area contributed by atoms with Crippen LogP contribution in [0.4, 0.5) is 15.8 Å². The zero-order valence-electron chi connectivity index (χ0n) is 11.2. The highest BCUT2D eigenvalue weighted by atomic mass is 19.1. The Morgan fingerprint density at radius 1 is 1.25 bits per heavy atom. The number of aryl methyl sites for hydroxylation is 1. The van der Waals surface area contributed by atoms with Crippen molar-refractivity contribution < 1.29 is 13.9 Å². The van der Waals surface area contributed by atoms with Gasteiger partial charge in [0.2, 0.25) is 0 Å². The summed E-state index contributed by atoms with van der Waals surface area (Å²) in [7, 11) is 1.51. The quantitative estimate of drug-likeness (QED) is 0.846. The van der Waals surface area contributed by atoms with E-state index in [4.69, 9.17) is 10.5 Å². The van der Waals surface area contributed by atoms with E-state index in [1.54, 1.807) is 12.1 Å². The standard InChI is InChI=1S/C15H15FN2O2/c1-9-3-6-13(14(7-9)20-2)18-15(19)11-8-10(16)4-5-12(11)17/h3-8H,17H2,1-2H3,(H,18,19). The molecule has 0 aromatic heterocycles. The first kappa shape index (κ1) is 13.9. The number of ether oxygens (including phenoxy) is 1. The van der Waals surface area contributed by atoms with Crippen molar-refractivity contribution in [3.05, 3.63) is 53.3 Å². The second kappa shape index (κ2) is 5.61. The number of methoxy groups -OCH3 is 1. The molecule has 0 saturated carbocycles. The van der Waals surface area contributed by atoms with Crippen molar-refractivity contribution >= 4 is 17.3 Å². The van der Waals surface area contributed by atoms with Crippen molar-refractivity contribution in [3.63, 3.8) is 0 Å². The molecule has 2 rings (SSSR count). The number of hydrogen-bond acceptors (Lipinski definition) is 3. The highest BCUT2D eigenvalue weighted by Crippen LogP contribution is 2.26. The van der Waals surface area contributed by atoms with Gasteiger partial charge in [-0.1, -0.05) is 6.07 Å². The van der Waals surface area contributed by atoms with Crippen molar-refractivity contribution in [2.75, 3.05) is 18.2 Å². The van der Waals surface area contributed by atoms with E-state index < -0.39 is 11.7 Å². The number of carbonyl (C=O) groups excluding carboxylic acids is 1. The summed E-state index contributed by atoms with van der Waals surface area (Å²) in [5.41, 5.74) is 7.50. The van der Waals surface area contributed by atoms with Crippen LogP contribution in [0.2, 0.25) is 0 Å². The van der Waals surface area contributed by atoms with Gasteiger partial charge in [-0.25, -0.2) is 4.39 Å². The Balaban J connectivity index is 2.30. The summed E-state index contributed by atoms with van der Waals surface area (Å²) in [6, 6.07) is 9.03. The van der Waals surface area contributed by atoms with Gasteiger partial charge in [0.15, 0.2) is 0 Å². The molecule has 0 bridgehead atoms. The normalized spacial score (nSPS) is 10.2. The van der Waals surface area contributed by atoms with E-state index >= 15 is 0 Å². The molecule has 0 atom stereocenters. The predicted molar refractivity (Wildman–Crippen MR) is 76.5 cm³/mol. The Morgan fingerprint density at radius 2 is 2.00 bits per heavy atom. The monoisotopic (exact) mass is 274 g/mol. The summed E-state index contributed by atoms with van der Waals surface area (Å²) in [5, 5.41) is 2.66. The van der Waals surface area contributed by atoms with Crippen LogP contribution in [0.15, 0.2) is 36.4 Å². The van der Waals surface area contributed by atoms with Gasteiger partial charge in [0.05, 0.1) is 18.4 Å². The van der Waals surface area contributed by atoms with Gasteiger partial charge in [-0.15, -0.1) is 0 Å². The van der Waals surface area contributed by atoms with Crippen molar-refractivity contribution in [1.29, 1.82) is 0 Å². The molecule has 1 amide bonds. The minimum absolute atomic E-state index is 0.0904. The molecule has 104 valence electrons. The molecule has 0 unspecified atom stereocenters. The number of anilines is 2. The molecule has 2 aromatic rings. The highest BCUT2D eigenvalue weighted by Gasteiger charge is 2.13. The van der Waals surface area contributed by atoms with Gasteiger partial charge in [-0.05, 0) is 42.8 Å². The third-order valence-corrected chi connectivity index (χ3v) is 2.87. The van der Waals surface area contributed by atoms with Crippen LogP contribution >= 0.6 is 0 Å². The number of hydrogen-bond donors (Lipinski definition) is 2. The molecular formula is C15H15FN2O2. The molecule has 0 aliphatic carbocycles. The van der Waals surface area contributed by atoms with Crippen LogP contribution in [0.25, 0.3) is 0 Å². The first-order chi connectivity index (χ1) is 9.51. The Bertz CT molecular complexity index is 656. The average molecular weight is 274 g/mol. The second-order valence-electron chi connectivity index (χ2n) is 4.39. The summed E-state index contributed by atoms with van der Waals surface area (Å²) < 4.78 is 18.4. The fourth-order valence-electron chi connectivity index (χ4n) is 1.82. The highest BCUT2D eigenvalue weighted by molar-refractivity contribution is 6.08.